The van der Waals surface area contributed by atoms with Crippen molar-refractivity contribution in [3.05, 3.63) is 0 Å². The van der Waals surface area contributed by atoms with Gasteiger partial charge in [-0.2, -0.15) is 0 Å². The first-order valence-electron chi connectivity index (χ1n) is 1.65. The normalized spacial score (nSPS) is 8.67. The van der Waals surface area contributed by atoms with Crippen LogP contribution in [0.5, 0.6) is 0 Å². The summed E-state index contributed by atoms with van der Waals surface area (Å²) in [5.74, 6) is 0. The van der Waals surface area contributed by atoms with Gasteiger partial charge in [0.2, 0.25) is 0 Å². The maximum absolute atomic E-state index is 10.1. The number of terminal acetylenes is 2. The summed E-state index contributed by atoms with van der Waals surface area (Å²) < 4.78 is 27.4. The maximum Gasteiger partial charge on any atom is 0.518 e. The van der Waals surface area contributed by atoms with E-state index in [2.05, 4.69) is 21.2 Å². The predicted molar refractivity (Wildman–Crippen MR) is 28.8 cm³/mol. The van der Waals surface area contributed by atoms with Crippen molar-refractivity contribution >= 4 is 10.4 Å². The Hall–Kier alpha value is -1.33. The second-order valence-electron chi connectivity index (χ2n) is 0.811. The highest BCUT2D eigenvalue weighted by Crippen LogP contribution is 1.90. The Kier molecular flexibility index (Phi) is 2.43. The highest BCUT2D eigenvalue weighted by atomic mass is 32.3. The Morgan fingerprint density at radius 3 is 1.67 bits per heavy atom. The van der Waals surface area contributed by atoms with Gasteiger partial charge in [0.25, 0.3) is 0 Å². The van der Waals surface area contributed by atoms with E-state index in [1.54, 1.807) is 0 Å². The topological polar surface area (TPSA) is 52.6 Å². The molecule has 0 fully saturated rings. The monoisotopic (exact) mass is 146 g/mol. The second kappa shape index (κ2) is 2.85. The van der Waals surface area contributed by atoms with Gasteiger partial charge in [0.05, 0.1) is 0 Å². The van der Waals surface area contributed by atoms with Gasteiger partial charge in [-0.25, -0.2) is 0 Å². The molecule has 0 aromatic carbocycles. The maximum atomic E-state index is 10.1. The Bertz CT molecular complexity index is 227. The standard InChI is InChI=1S/C4H2O4S/c1-3-7-9(5,6)8-4-2/h1-2H. The van der Waals surface area contributed by atoms with Gasteiger partial charge >= 0.3 is 10.4 Å². The Morgan fingerprint density at radius 2 is 1.44 bits per heavy atom. The van der Waals surface area contributed by atoms with Crippen molar-refractivity contribution in [3.8, 4) is 25.1 Å². The lowest BCUT2D eigenvalue weighted by molar-refractivity contribution is 0.362. The van der Waals surface area contributed by atoms with E-state index in [1.807, 2.05) is 0 Å². The molecule has 0 unspecified atom stereocenters. The molecule has 0 aromatic rings. The van der Waals surface area contributed by atoms with Crippen LogP contribution in [0.1, 0.15) is 0 Å². The summed E-state index contributed by atoms with van der Waals surface area (Å²) in [5.41, 5.74) is 0. The van der Waals surface area contributed by atoms with Gasteiger partial charge in [-0.15, -0.1) is 8.42 Å². The van der Waals surface area contributed by atoms with Crippen LogP contribution in [0.4, 0.5) is 0 Å². The Labute approximate surface area is 53.1 Å². The van der Waals surface area contributed by atoms with E-state index in [1.165, 1.54) is 12.2 Å². The van der Waals surface area contributed by atoms with Gasteiger partial charge in [-0.05, 0) is 0 Å². The van der Waals surface area contributed by atoms with Crippen LogP contribution < -0.4 is 0 Å². The number of hydrogen-bond acceptors (Lipinski definition) is 4. The molecular formula is C4H2O4S. The number of hydrogen-bond donors (Lipinski definition) is 0. The van der Waals surface area contributed by atoms with Crippen LogP contribution >= 0.6 is 0 Å². The smallest absolute Gasteiger partial charge is 0.298 e. The van der Waals surface area contributed by atoms with Gasteiger partial charge in [0.1, 0.15) is 12.2 Å². The van der Waals surface area contributed by atoms with Crippen LogP contribution in [0.25, 0.3) is 0 Å². The summed E-state index contributed by atoms with van der Waals surface area (Å²) in [6, 6.07) is 0. The highest BCUT2D eigenvalue weighted by molar-refractivity contribution is 7.82. The average Bonchev–Trinajstić information content (AvgIpc) is 1.64. The van der Waals surface area contributed by atoms with E-state index in [9.17, 15) is 8.42 Å². The molecule has 48 valence electrons. The first kappa shape index (κ1) is 7.67. The van der Waals surface area contributed by atoms with Crippen molar-refractivity contribution < 1.29 is 16.8 Å². The van der Waals surface area contributed by atoms with E-state index in [-0.39, 0.29) is 0 Å². The average molecular weight is 146 g/mol. The fourth-order valence-electron chi connectivity index (χ4n) is 0.135. The molecule has 0 saturated heterocycles. The molecule has 0 radical (unpaired) electrons. The first-order valence-corrected chi connectivity index (χ1v) is 2.99. The van der Waals surface area contributed by atoms with Crippen molar-refractivity contribution in [2.75, 3.05) is 0 Å². The van der Waals surface area contributed by atoms with Gasteiger partial charge in [0.15, 0.2) is 0 Å². The SMILES string of the molecule is C#COS(=O)(=O)OC#C. The lowest BCUT2D eigenvalue weighted by atomic mass is 11.3. The molecule has 5 heteroatoms. The van der Waals surface area contributed by atoms with Crippen LogP contribution in [-0.4, -0.2) is 8.42 Å². The molecule has 0 N–H and O–H groups in total. The lowest BCUT2D eigenvalue weighted by Gasteiger charge is -1.91. The predicted octanol–water partition coefficient (Wildman–Crippen LogP) is -0.554. The molecule has 4 nitrogen and oxygen atoms in total. The molecule has 0 rings (SSSR count). The van der Waals surface area contributed by atoms with Crippen LogP contribution in [0.2, 0.25) is 0 Å². The molecule has 0 amide bonds. The minimum atomic E-state index is -4.15. The van der Waals surface area contributed by atoms with Crippen molar-refractivity contribution in [1.82, 2.24) is 0 Å². The molecule has 9 heavy (non-hydrogen) atoms. The summed E-state index contributed by atoms with van der Waals surface area (Å²) in [7, 11) is -4.15. The molecular weight excluding hydrogens is 144 g/mol. The van der Waals surface area contributed by atoms with Crippen molar-refractivity contribution in [2.24, 2.45) is 0 Å². The first-order chi connectivity index (χ1) is 4.12. The Balaban J connectivity index is 4.14. The summed E-state index contributed by atoms with van der Waals surface area (Å²) in [6.45, 7) is 0. The fraction of sp³-hybridized carbons (Fsp3) is 0. The largest absolute Gasteiger partial charge is 0.518 e. The minimum absolute atomic E-state index is 1.38. The third-order valence-electron chi connectivity index (χ3n) is 0.300. The zero-order valence-electron chi connectivity index (χ0n) is 4.20. The van der Waals surface area contributed by atoms with Gasteiger partial charge < -0.3 is 0 Å². The zero-order valence-corrected chi connectivity index (χ0v) is 5.01. The fourth-order valence-corrected chi connectivity index (χ4v) is 0.405. The Morgan fingerprint density at radius 1 is 1.11 bits per heavy atom. The quantitative estimate of drug-likeness (QED) is 0.490. The van der Waals surface area contributed by atoms with Crippen molar-refractivity contribution in [1.29, 1.82) is 0 Å². The number of rotatable bonds is 2. The molecule has 0 saturated carbocycles. The summed E-state index contributed by atoms with van der Waals surface area (Å²) in [5, 5.41) is 0. The minimum Gasteiger partial charge on any atom is -0.298 e. The molecule has 0 aliphatic rings. The molecule has 0 bridgehead atoms. The third kappa shape index (κ3) is 3.27. The highest BCUT2D eigenvalue weighted by Gasteiger charge is 2.08. The van der Waals surface area contributed by atoms with E-state index < -0.39 is 10.4 Å². The van der Waals surface area contributed by atoms with Crippen LogP contribution in [0.3, 0.4) is 0 Å². The van der Waals surface area contributed by atoms with Crippen LogP contribution in [-0.2, 0) is 18.8 Å². The molecule has 0 heterocycles. The lowest BCUT2D eigenvalue weighted by Crippen LogP contribution is -2.02. The van der Waals surface area contributed by atoms with Gasteiger partial charge in [-0.1, -0.05) is 12.8 Å². The third-order valence-corrected chi connectivity index (χ3v) is 0.901. The molecule has 0 atom stereocenters. The summed E-state index contributed by atoms with van der Waals surface area (Å²) in [4.78, 5) is 0. The summed E-state index contributed by atoms with van der Waals surface area (Å²) in [6.07, 6.45) is 11.7. The van der Waals surface area contributed by atoms with E-state index in [0.717, 1.165) is 0 Å². The van der Waals surface area contributed by atoms with Gasteiger partial charge in [0, 0.05) is 0 Å². The van der Waals surface area contributed by atoms with E-state index in [0.29, 0.717) is 0 Å². The molecule has 0 spiro atoms. The van der Waals surface area contributed by atoms with Crippen molar-refractivity contribution in [2.45, 2.75) is 0 Å². The van der Waals surface area contributed by atoms with Crippen LogP contribution in [0, 0.1) is 25.1 Å². The van der Waals surface area contributed by atoms with E-state index >= 15 is 0 Å². The van der Waals surface area contributed by atoms with Crippen LogP contribution in [0.15, 0.2) is 0 Å². The van der Waals surface area contributed by atoms with Crippen molar-refractivity contribution in [3.63, 3.8) is 0 Å². The summed E-state index contributed by atoms with van der Waals surface area (Å²) >= 11 is 0. The van der Waals surface area contributed by atoms with Gasteiger partial charge in [-0.3, -0.25) is 8.37 Å². The zero-order chi connectivity index (χ0) is 7.33. The molecule has 0 aliphatic carbocycles. The second-order valence-corrected chi connectivity index (χ2v) is 1.96. The molecule has 0 aliphatic heterocycles. The van der Waals surface area contributed by atoms with E-state index in [4.69, 9.17) is 0 Å². The molecule has 0 aromatic heterocycles.